The predicted molar refractivity (Wildman–Crippen MR) is 83.7 cm³/mol. The van der Waals surface area contributed by atoms with Crippen molar-refractivity contribution < 1.29 is 9.22 Å². The van der Waals surface area contributed by atoms with Gasteiger partial charge in [-0.15, -0.1) is 0 Å². The van der Waals surface area contributed by atoms with Gasteiger partial charge in [-0.25, -0.2) is 0 Å². The van der Waals surface area contributed by atoms with Gasteiger partial charge in [-0.2, -0.15) is 0 Å². The topological polar surface area (TPSA) is 68.0 Å². The van der Waals surface area contributed by atoms with E-state index in [9.17, 15) is 14.9 Å². The van der Waals surface area contributed by atoms with E-state index >= 15 is 0 Å². The van der Waals surface area contributed by atoms with Gasteiger partial charge in [0.05, 0.1) is 10.1 Å². The summed E-state index contributed by atoms with van der Waals surface area (Å²) in [6.07, 6.45) is 0. The Morgan fingerprint density at radius 3 is 2.55 bits per heavy atom. The summed E-state index contributed by atoms with van der Waals surface area (Å²) in [5, 5.41) is 12.6. The molecule has 0 aliphatic rings. The molecule has 0 saturated heterocycles. The highest BCUT2D eigenvalue weighted by Crippen LogP contribution is 2.19. The van der Waals surface area contributed by atoms with Gasteiger partial charge in [0.15, 0.2) is 0 Å². The molecule has 0 fully saturated rings. The zero-order valence-electron chi connectivity index (χ0n) is 11.6. The molecule has 0 bridgehead atoms. The molecule has 0 radical (unpaired) electrons. The first-order valence-electron chi connectivity index (χ1n) is 6.55. The van der Waals surface area contributed by atoms with Crippen LogP contribution in [0.5, 0.6) is 0 Å². The third kappa shape index (κ3) is 2.16. The van der Waals surface area contributed by atoms with Crippen molar-refractivity contribution in [2.75, 3.05) is 0 Å². The van der Waals surface area contributed by atoms with E-state index < -0.39 is 5.78 Å². The maximum Gasteiger partial charge on any atom is 0.329 e. The summed E-state index contributed by atoms with van der Waals surface area (Å²) in [6.45, 7) is 1.45. The lowest BCUT2D eigenvalue weighted by molar-refractivity contribution is -0.468. The number of hydrogen-bond donors (Lipinski definition) is 0. The van der Waals surface area contributed by atoms with Crippen LogP contribution in [0.2, 0.25) is 5.02 Å². The van der Waals surface area contributed by atoms with Gasteiger partial charge >= 0.3 is 5.69 Å². The van der Waals surface area contributed by atoms with Gasteiger partial charge < -0.3 is 9.94 Å². The Bertz CT molecular complexity index is 949. The Morgan fingerprint density at radius 1 is 1.18 bits per heavy atom. The molecular formula is C16H11ClN2O3. The second-order valence-electron chi connectivity index (χ2n) is 4.85. The standard InChI is InChI=1S/C16H11ClN2O3/c1-10-15(16(20)11-5-3-2-4-6-11)19(22)14-9-12(17)7-8-13(14)18(10)21/h2-9H,1H3. The molecule has 0 spiro atoms. The molecule has 0 N–H and O–H groups in total. The van der Waals surface area contributed by atoms with Crippen LogP contribution in [0.4, 0.5) is 0 Å². The number of fused-ring (bicyclic) bond motifs is 1. The lowest BCUT2D eigenvalue weighted by atomic mass is 10.1. The Labute approximate surface area is 130 Å². The molecule has 6 heteroatoms. The van der Waals surface area contributed by atoms with Gasteiger partial charge in [0.25, 0.3) is 11.3 Å². The van der Waals surface area contributed by atoms with Crippen molar-refractivity contribution in [1.82, 2.24) is 4.73 Å². The maximum absolute atomic E-state index is 12.6. The van der Waals surface area contributed by atoms with Crippen LogP contribution in [0.3, 0.4) is 0 Å². The van der Waals surface area contributed by atoms with E-state index in [0.717, 1.165) is 0 Å². The molecule has 0 unspecified atom stereocenters. The van der Waals surface area contributed by atoms with Gasteiger partial charge in [0.2, 0.25) is 0 Å². The smallest absolute Gasteiger partial charge is 0.329 e. The van der Waals surface area contributed by atoms with E-state index in [-0.39, 0.29) is 22.4 Å². The van der Waals surface area contributed by atoms with Crippen molar-refractivity contribution >= 4 is 28.4 Å². The number of ketones is 1. The number of carbonyl (C=O) groups excluding carboxylic acids is 1. The number of nitrogens with zero attached hydrogens (tertiary/aromatic N) is 2. The highest BCUT2D eigenvalue weighted by atomic mass is 35.5. The van der Waals surface area contributed by atoms with Gasteiger partial charge in [-0.1, -0.05) is 41.9 Å². The minimum absolute atomic E-state index is 0.0543. The fourth-order valence-corrected chi connectivity index (χ4v) is 2.52. The van der Waals surface area contributed by atoms with Crippen molar-refractivity contribution in [3.05, 3.63) is 80.6 Å². The molecule has 1 aromatic heterocycles. The van der Waals surface area contributed by atoms with Crippen molar-refractivity contribution in [2.45, 2.75) is 6.92 Å². The lowest BCUT2D eigenvalue weighted by Crippen LogP contribution is -2.30. The molecule has 0 aliphatic carbocycles. The summed E-state index contributed by atoms with van der Waals surface area (Å²) in [5.41, 5.74) is 0.431. The number of benzene rings is 2. The van der Waals surface area contributed by atoms with Crippen molar-refractivity contribution in [2.24, 2.45) is 0 Å². The summed E-state index contributed by atoms with van der Waals surface area (Å²) in [5.74, 6) is -0.500. The summed E-state index contributed by atoms with van der Waals surface area (Å²) < 4.78 is 1.05. The molecule has 1 heterocycles. The first kappa shape index (κ1) is 14.3. The summed E-state index contributed by atoms with van der Waals surface area (Å²) >= 11 is 5.88. The van der Waals surface area contributed by atoms with Crippen LogP contribution in [0.1, 0.15) is 21.7 Å². The van der Waals surface area contributed by atoms with Crippen LogP contribution in [-0.2, 0) is 0 Å². The first-order valence-corrected chi connectivity index (χ1v) is 6.93. The molecule has 0 amide bonds. The third-order valence-corrected chi connectivity index (χ3v) is 3.71. The van der Waals surface area contributed by atoms with Gasteiger partial charge in [0.1, 0.15) is 5.52 Å². The SMILES string of the molecule is Cc1c(C(=O)c2ccccc2)[n+](=O)c2cc(Cl)ccc2n1[O-]. The molecule has 22 heavy (non-hydrogen) atoms. The van der Waals surface area contributed by atoms with Crippen molar-refractivity contribution in [3.63, 3.8) is 0 Å². The van der Waals surface area contributed by atoms with E-state index in [1.54, 1.807) is 30.3 Å². The lowest BCUT2D eigenvalue weighted by Gasteiger charge is -2.16. The highest BCUT2D eigenvalue weighted by molar-refractivity contribution is 6.31. The van der Waals surface area contributed by atoms with Crippen LogP contribution in [0.25, 0.3) is 11.0 Å². The summed E-state index contributed by atoms with van der Waals surface area (Å²) in [4.78, 5) is 25.1. The van der Waals surface area contributed by atoms with Crippen LogP contribution in [0, 0.1) is 17.0 Å². The minimum Gasteiger partial charge on any atom is -0.805 e. The fraction of sp³-hybridized carbons (Fsp3) is 0.0625. The van der Waals surface area contributed by atoms with Crippen LogP contribution < -0.4 is 4.43 Å². The molecule has 0 aliphatic heterocycles. The highest BCUT2D eigenvalue weighted by Gasteiger charge is 2.27. The minimum atomic E-state index is -0.500. The molecule has 3 rings (SSSR count). The van der Waals surface area contributed by atoms with E-state index in [4.69, 9.17) is 11.6 Å². The van der Waals surface area contributed by atoms with E-state index in [1.807, 2.05) is 0 Å². The molecule has 0 atom stereocenters. The van der Waals surface area contributed by atoms with Gasteiger partial charge in [-0.3, -0.25) is 4.79 Å². The first-order chi connectivity index (χ1) is 10.5. The maximum atomic E-state index is 12.6. The molecular weight excluding hydrogens is 304 g/mol. The second-order valence-corrected chi connectivity index (χ2v) is 5.29. The number of hydrogen-bond acceptors (Lipinski definition) is 3. The Kier molecular flexibility index (Phi) is 3.42. The quantitative estimate of drug-likeness (QED) is 0.539. The second kappa shape index (κ2) is 5.27. The van der Waals surface area contributed by atoms with Crippen LogP contribution >= 0.6 is 11.6 Å². The summed E-state index contributed by atoms with van der Waals surface area (Å²) in [6, 6.07) is 12.7. The Hall–Kier alpha value is -2.66. The van der Waals surface area contributed by atoms with Gasteiger partial charge in [-0.05, 0) is 19.1 Å². The van der Waals surface area contributed by atoms with Crippen LogP contribution in [0.15, 0.2) is 48.5 Å². The largest absolute Gasteiger partial charge is 0.805 e. The zero-order valence-corrected chi connectivity index (χ0v) is 12.4. The van der Waals surface area contributed by atoms with E-state index in [0.29, 0.717) is 19.7 Å². The van der Waals surface area contributed by atoms with E-state index in [1.165, 1.54) is 25.1 Å². The Morgan fingerprint density at radius 2 is 1.86 bits per heavy atom. The van der Waals surface area contributed by atoms with Crippen LogP contribution in [-0.4, -0.2) is 10.5 Å². The number of carbonyl (C=O) groups is 1. The monoisotopic (exact) mass is 314 g/mol. The number of halogens is 1. The third-order valence-electron chi connectivity index (χ3n) is 3.48. The van der Waals surface area contributed by atoms with Crippen molar-refractivity contribution in [3.8, 4) is 0 Å². The number of aromatic nitrogens is 2. The molecule has 0 saturated carbocycles. The van der Waals surface area contributed by atoms with E-state index in [2.05, 4.69) is 0 Å². The summed E-state index contributed by atoms with van der Waals surface area (Å²) in [7, 11) is 0. The Balaban J connectivity index is 2.35. The molecule has 2 aromatic carbocycles. The normalized spacial score (nSPS) is 10.8. The average molecular weight is 315 g/mol. The molecule has 5 nitrogen and oxygen atoms in total. The fourth-order valence-electron chi connectivity index (χ4n) is 2.36. The molecule has 110 valence electrons. The van der Waals surface area contributed by atoms with Gasteiger partial charge in [0, 0.05) is 21.6 Å². The van der Waals surface area contributed by atoms with Crippen molar-refractivity contribution in [1.29, 1.82) is 0 Å². The zero-order chi connectivity index (χ0) is 15.9. The molecule has 3 aromatic rings. The predicted octanol–water partition coefficient (Wildman–Crippen LogP) is 3.09. The average Bonchev–Trinajstić information content (AvgIpc) is 2.53. The number of rotatable bonds is 2.